The van der Waals surface area contributed by atoms with Crippen molar-refractivity contribution in [3.8, 4) is 0 Å². The molecular formula is C14H15BrN2O2. The Morgan fingerprint density at radius 2 is 2.21 bits per heavy atom. The number of nitrogens with one attached hydrogen (secondary N) is 1. The second-order valence-corrected chi connectivity index (χ2v) is 5.77. The summed E-state index contributed by atoms with van der Waals surface area (Å²) in [6, 6.07) is 7.60. The van der Waals surface area contributed by atoms with Crippen LogP contribution in [0.25, 0.3) is 11.0 Å². The number of para-hydroxylation sites is 1. The average Bonchev–Trinajstić information content (AvgIpc) is 3.13. The van der Waals surface area contributed by atoms with Crippen LogP contribution in [0.1, 0.15) is 18.5 Å². The molecule has 5 heteroatoms. The minimum absolute atomic E-state index is 0.00581. The second kappa shape index (κ2) is 4.96. The van der Waals surface area contributed by atoms with Gasteiger partial charge in [-0.3, -0.25) is 4.79 Å². The van der Waals surface area contributed by atoms with Crippen LogP contribution in [0.4, 0.5) is 0 Å². The molecule has 0 saturated heterocycles. The number of fused-ring (bicyclic) bond motifs is 1. The van der Waals surface area contributed by atoms with Crippen LogP contribution in [-0.4, -0.2) is 22.9 Å². The van der Waals surface area contributed by atoms with Gasteiger partial charge in [0.15, 0.2) is 5.58 Å². The van der Waals surface area contributed by atoms with Crippen LogP contribution in [0.2, 0.25) is 0 Å². The number of alkyl halides is 1. The SMILES string of the molecule is O=C(Cc1noc2ccccc12)NCC1(CBr)CC1. The molecule has 2 aromatic rings. The lowest BCUT2D eigenvalue weighted by atomic mass is 10.1. The maximum absolute atomic E-state index is 11.9. The number of aromatic nitrogens is 1. The van der Waals surface area contributed by atoms with E-state index in [-0.39, 0.29) is 12.3 Å². The molecule has 0 atom stereocenters. The zero-order chi connectivity index (χ0) is 13.3. The third kappa shape index (κ3) is 2.66. The molecule has 1 fully saturated rings. The van der Waals surface area contributed by atoms with E-state index in [2.05, 4.69) is 26.4 Å². The first kappa shape index (κ1) is 12.7. The predicted octanol–water partition coefficient (Wildman–Crippen LogP) is 2.66. The molecule has 1 saturated carbocycles. The van der Waals surface area contributed by atoms with Gasteiger partial charge >= 0.3 is 0 Å². The van der Waals surface area contributed by atoms with E-state index < -0.39 is 0 Å². The summed E-state index contributed by atoms with van der Waals surface area (Å²) in [5, 5.41) is 8.83. The van der Waals surface area contributed by atoms with E-state index in [1.807, 2.05) is 24.3 Å². The van der Waals surface area contributed by atoms with Gasteiger partial charge in [-0.15, -0.1) is 0 Å². The second-order valence-electron chi connectivity index (χ2n) is 5.21. The monoisotopic (exact) mass is 322 g/mol. The number of carbonyl (C=O) groups is 1. The molecule has 1 aromatic heterocycles. The fourth-order valence-corrected chi connectivity index (χ4v) is 2.86. The van der Waals surface area contributed by atoms with Crippen LogP contribution >= 0.6 is 15.9 Å². The summed E-state index contributed by atoms with van der Waals surface area (Å²) < 4.78 is 5.19. The van der Waals surface area contributed by atoms with Gasteiger partial charge in [-0.05, 0) is 30.4 Å². The zero-order valence-corrected chi connectivity index (χ0v) is 12.1. The fourth-order valence-electron chi connectivity index (χ4n) is 2.10. The fraction of sp³-hybridized carbons (Fsp3) is 0.429. The summed E-state index contributed by atoms with van der Waals surface area (Å²) in [7, 11) is 0. The zero-order valence-electron chi connectivity index (χ0n) is 10.5. The molecule has 0 aliphatic heterocycles. The number of benzene rings is 1. The highest BCUT2D eigenvalue weighted by Crippen LogP contribution is 2.46. The molecule has 0 bridgehead atoms. The van der Waals surface area contributed by atoms with Gasteiger partial charge in [0.05, 0.1) is 6.42 Å². The maximum atomic E-state index is 11.9. The van der Waals surface area contributed by atoms with Gasteiger partial charge in [0, 0.05) is 17.3 Å². The highest BCUT2D eigenvalue weighted by atomic mass is 79.9. The van der Waals surface area contributed by atoms with Crippen LogP contribution in [0.15, 0.2) is 28.8 Å². The summed E-state index contributed by atoms with van der Waals surface area (Å²) >= 11 is 3.50. The van der Waals surface area contributed by atoms with Crippen LogP contribution < -0.4 is 5.32 Å². The molecule has 100 valence electrons. The summed E-state index contributed by atoms with van der Waals surface area (Å²) in [6.45, 7) is 0.743. The summed E-state index contributed by atoms with van der Waals surface area (Å²) in [5.74, 6) is 0.00581. The molecule has 4 nitrogen and oxygen atoms in total. The number of rotatable bonds is 5. The molecule has 1 aliphatic carbocycles. The number of carbonyl (C=O) groups excluding carboxylic acids is 1. The first-order valence-corrected chi connectivity index (χ1v) is 7.51. The van der Waals surface area contributed by atoms with Crippen molar-refractivity contribution in [3.05, 3.63) is 30.0 Å². The lowest BCUT2D eigenvalue weighted by molar-refractivity contribution is -0.120. The van der Waals surface area contributed by atoms with Gasteiger partial charge in [0.2, 0.25) is 5.91 Å². The molecule has 1 aliphatic rings. The van der Waals surface area contributed by atoms with Gasteiger partial charge in [-0.2, -0.15) is 0 Å². The Morgan fingerprint density at radius 3 is 2.95 bits per heavy atom. The highest BCUT2D eigenvalue weighted by Gasteiger charge is 2.41. The van der Waals surface area contributed by atoms with Crippen molar-refractivity contribution in [2.24, 2.45) is 5.41 Å². The molecule has 1 amide bonds. The Labute approximate surface area is 119 Å². The van der Waals surface area contributed by atoms with Crippen molar-refractivity contribution < 1.29 is 9.32 Å². The molecule has 1 aromatic carbocycles. The van der Waals surface area contributed by atoms with Gasteiger partial charge in [-0.25, -0.2) is 0 Å². The van der Waals surface area contributed by atoms with Crippen LogP contribution in [0.5, 0.6) is 0 Å². The van der Waals surface area contributed by atoms with Crippen LogP contribution in [0, 0.1) is 5.41 Å². The van der Waals surface area contributed by atoms with E-state index in [9.17, 15) is 4.79 Å². The Bertz CT molecular complexity index is 604. The van der Waals surface area contributed by atoms with E-state index in [4.69, 9.17) is 4.52 Å². The molecule has 1 heterocycles. The van der Waals surface area contributed by atoms with Crippen molar-refractivity contribution in [1.29, 1.82) is 0 Å². The van der Waals surface area contributed by atoms with Gasteiger partial charge in [0.1, 0.15) is 5.69 Å². The smallest absolute Gasteiger partial charge is 0.226 e. The van der Waals surface area contributed by atoms with Crippen molar-refractivity contribution in [1.82, 2.24) is 10.5 Å². The predicted molar refractivity (Wildman–Crippen MR) is 76.2 cm³/mol. The molecular weight excluding hydrogens is 308 g/mol. The number of hydrogen-bond acceptors (Lipinski definition) is 3. The summed E-state index contributed by atoms with van der Waals surface area (Å²) in [4.78, 5) is 11.9. The Hall–Kier alpha value is -1.36. The maximum Gasteiger partial charge on any atom is 0.226 e. The van der Waals surface area contributed by atoms with Crippen LogP contribution in [-0.2, 0) is 11.2 Å². The first-order valence-electron chi connectivity index (χ1n) is 6.38. The normalized spacial score (nSPS) is 16.5. The topological polar surface area (TPSA) is 55.1 Å². The lowest BCUT2D eigenvalue weighted by Gasteiger charge is -2.11. The lowest BCUT2D eigenvalue weighted by Crippen LogP contribution is -2.32. The Kier molecular flexibility index (Phi) is 3.31. The number of nitrogens with zero attached hydrogens (tertiary/aromatic N) is 1. The van der Waals surface area contributed by atoms with Crippen molar-refractivity contribution in [2.45, 2.75) is 19.3 Å². The molecule has 3 rings (SSSR count). The Balaban J connectivity index is 1.63. The number of halogens is 1. The average molecular weight is 323 g/mol. The largest absolute Gasteiger partial charge is 0.356 e. The van der Waals surface area contributed by atoms with E-state index in [1.165, 1.54) is 12.8 Å². The van der Waals surface area contributed by atoms with Gasteiger partial charge in [0.25, 0.3) is 0 Å². The van der Waals surface area contributed by atoms with E-state index in [0.717, 1.165) is 22.8 Å². The number of amides is 1. The van der Waals surface area contributed by atoms with Gasteiger partial charge < -0.3 is 9.84 Å². The first-order chi connectivity index (χ1) is 9.22. The third-order valence-electron chi connectivity index (χ3n) is 3.68. The van der Waals surface area contributed by atoms with Gasteiger partial charge in [-0.1, -0.05) is 33.2 Å². The van der Waals surface area contributed by atoms with E-state index in [1.54, 1.807) is 0 Å². The third-order valence-corrected chi connectivity index (χ3v) is 4.87. The van der Waals surface area contributed by atoms with E-state index in [0.29, 0.717) is 11.1 Å². The van der Waals surface area contributed by atoms with E-state index >= 15 is 0 Å². The minimum atomic E-state index is 0.00581. The van der Waals surface area contributed by atoms with Crippen molar-refractivity contribution >= 4 is 32.8 Å². The molecule has 0 unspecified atom stereocenters. The van der Waals surface area contributed by atoms with Crippen LogP contribution in [0.3, 0.4) is 0 Å². The van der Waals surface area contributed by atoms with Crippen molar-refractivity contribution in [3.63, 3.8) is 0 Å². The van der Waals surface area contributed by atoms with Crippen molar-refractivity contribution in [2.75, 3.05) is 11.9 Å². The molecule has 0 radical (unpaired) electrons. The molecule has 1 N–H and O–H groups in total. The highest BCUT2D eigenvalue weighted by molar-refractivity contribution is 9.09. The molecule has 0 spiro atoms. The summed E-state index contributed by atoms with van der Waals surface area (Å²) in [5.41, 5.74) is 1.72. The minimum Gasteiger partial charge on any atom is -0.356 e. The summed E-state index contributed by atoms with van der Waals surface area (Å²) in [6.07, 6.45) is 2.65. The molecule has 19 heavy (non-hydrogen) atoms. The Morgan fingerprint density at radius 1 is 1.42 bits per heavy atom. The number of hydrogen-bond donors (Lipinski definition) is 1. The quantitative estimate of drug-likeness (QED) is 0.861. The standard InChI is InChI=1S/C14H15BrN2O2/c15-8-14(5-6-14)9-16-13(18)7-11-10-3-1-2-4-12(10)19-17-11/h1-4H,5-9H2,(H,16,18).